The molecule has 2 nitrogen and oxygen atoms in total. The lowest BCUT2D eigenvalue weighted by Gasteiger charge is -2.13. The zero-order chi connectivity index (χ0) is 11.5. The second-order valence-corrected chi connectivity index (χ2v) is 2.96. The van der Waals surface area contributed by atoms with Gasteiger partial charge in [-0.15, -0.1) is 0 Å². The first-order valence-corrected chi connectivity index (χ1v) is 4.17. The first-order chi connectivity index (χ1) is 6.97. The Morgan fingerprint density at radius 2 is 2.00 bits per heavy atom. The molecule has 0 saturated carbocycles. The van der Waals surface area contributed by atoms with Crippen LogP contribution in [0, 0.1) is 5.82 Å². The quantitative estimate of drug-likeness (QED) is 0.727. The van der Waals surface area contributed by atoms with Crippen molar-refractivity contribution in [2.24, 2.45) is 0 Å². The van der Waals surface area contributed by atoms with Crippen molar-refractivity contribution in [1.29, 1.82) is 0 Å². The van der Waals surface area contributed by atoms with Gasteiger partial charge >= 0.3 is 11.9 Å². The smallest absolute Gasteiger partial charge is 0.377 e. The van der Waals surface area contributed by atoms with Crippen LogP contribution in [-0.2, 0) is 16.0 Å². The largest absolute Gasteiger partial charge is 0.465 e. The number of alkyl halides is 2. The number of carbonyl (C=O) groups excluding carboxylic acids is 1. The molecular formula is C10H9F3O2. The molecule has 0 saturated heterocycles. The number of ether oxygens (including phenoxy) is 1. The van der Waals surface area contributed by atoms with Crippen LogP contribution in [0.2, 0.25) is 0 Å². The molecule has 0 aliphatic heterocycles. The van der Waals surface area contributed by atoms with Gasteiger partial charge in [0.25, 0.3) is 0 Å². The number of benzene rings is 1. The van der Waals surface area contributed by atoms with Crippen LogP contribution in [0.25, 0.3) is 0 Å². The number of carbonyl (C=O) groups is 1. The van der Waals surface area contributed by atoms with E-state index in [0.29, 0.717) is 0 Å². The van der Waals surface area contributed by atoms with Crippen molar-refractivity contribution in [3.63, 3.8) is 0 Å². The maximum atomic E-state index is 13.0. The van der Waals surface area contributed by atoms with E-state index in [2.05, 4.69) is 4.74 Å². The summed E-state index contributed by atoms with van der Waals surface area (Å²) in [4.78, 5) is 10.7. The second kappa shape index (κ2) is 4.33. The number of halogens is 3. The molecule has 0 bridgehead atoms. The lowest BCUT2D eigenvalue weighted by molar-refractivity contribution is -0.168. The normalized spacial score (nSPS) is 11.2. The molecule has 1 rings (SSSR count). The van der Waals surface area contributed by atoms with E-state index < -0.39 is 24.1 Å². The summed E-state index contributed by atoms with van der Waals surface area (Å²) >= 11 is 0. The zero-order valence-electron chi connectivity index (χ0n) is 7.97. The summed E-state index contributed by atoms with van der Waals surface area (Å²) in [5, 5.41) is 0. The molecule has 0 heterocycles. The van der Waals surface area contributed by atoms with Crippen LogP contribution >= 0.6 is 0 Å². The molecule has 0 aliphatic carbocycles. The van der Waals surface area contributed by atoms with E-state index in [0.717, 1.165) is 13.2 Å². The van der Waals surface area contributed by atoms with Gasteiger partial charge in [0, 0.05) is 0 Å². The third kappa shape index (κ3) is 2.71. The van der Waals surface area contributed by atoms with Crippen molar-refractivity contribution in [1.82, 2.24) is 0 Å². The number of hydrogen-bond donors (Lipinski definition) is 0. The average molecular weight is 218 g/mol. The van der Waals surface area contributed by atoms with Crippen molar-refractivity contribution in [3.8, 4) is 0 Å². The molecule has 0 radical (unpaired) electrons. The Balaban J connectivity index is 2.86. The Bertz CT molecular complexity index is 363. The second-order valence-electron chi connectivity index (χ2n) is 2.96. The van der Waals surface area contributed by atoms with Gasteiger partial charge in [-0.1, -0.05) is 18.2 Å². The van der Waals surface area contributed by atoms with Gasteiger partial charge < -0.3 is 4.74 Å². The van der Waals surface area contributed by atoms with Crippen molar-refractivity contribution in [2.45, 2.75) is 12.3 Å². The van der Waals surface area contributed by atoms with E-state index in [-0.39, 0.29) is 5.56 Å². The summed E-state index contributed by atoms with van der Waals surface area (Å²) < 4.78 is 43.0. The first-order valence-electron chi connectivity index (χ1n) is 4.17. The Hall–Kier alpha value is -1.52. The third-order valence-corrected chi connectivity index (χ3v) is 1.85. The van der Waals surface area contributed by atoms with Crippen LogP contribution in [-0.4, -0.2) is 19.0 Å². The van der Waals surface area contributed by atoms with Gasteiger partial charge in [0.05, 0.1) is 13.5 Å². The number of esters is 1. The molecule has 1 aromatic carbocycles. The fourth-order valence-electron chi connectivity index (χ4n) is 1.10. The van der Waals surface area contributed by atoms with Crippen molar-refractivity contribution < 1.29 is 22.7 Å². The molecule has 0 spiro atoms. The average Bonchev–Trinajstić information content (AvgIpc) is 2.20. The number of hydrogen-bond acceptors (Lipinski definition) is 2. The maximum absolute atomic E-state index is 13.0. The highest BCUT2D eigenvalue weighted by atomic mass is 19.3. The van der Waals surface area contributed by atoms with E-state index in [4.69, 9.17) is 0 Å². The highest BCUT2D eigenvalue weighted by Crippen LogP contribution is 2.22. The first kappa shape index (κ1) is 11.6. The van der Waals surface area contributed by atoms with Crippen LogP contribution in [0.4, 0.5) is 13.2 Å². The highest BCUT2D eigenvalue weighted by Gasteiger charge is 2.40. The van der Waals surface area contributed by atoms with E-state index >= 15 is 0 Å². The Kier molecular flexibility index (Phi) is 3.34. The molecule has 0 unspecified atom stereocenters. The van der Waals surface area contributed by atoms with Gasteiger partial charge in [-0.05, 0) is 11.6 Å². The van der Waals surface area contributed by atoms with Gasteiger partial charge in [-0.25, -0.2) is 9.18 Å². The maximum Gasteiger partial charge on any atom is 0.377 e. The Morgan fingerprint density at radius 1 is 1.40 bits per heavy atom. The molecule has 0 atom stereocenters. The summed E-state index contributed by atoms with van der Waals surface area (Å²) in [6.45, 7) is 0. The van der Waals surface area contributed by atoms with Gasteiger partial charge in [0.2, 0.25) is 0 Å². The molecule has 0 fully saturated rings. The molecule has 5 heteroatoms. The predicted molar refractivity (Wildman–Crippen MR) is 47.1 cm³/mol. The minimum atomic E-state index is -3.70. The van der Waals surface area contributed by atoms with Gasteiger partial charge in [-0.3, -0.25) is 0 Å². The van der Waals surface area contributed by atoms with Crippen LogP contribution in [0.1, 0.15) is 5.56 Å². The van der Waals surface area contributed by atoms with Crippen molar-refractivity contribution in [3.05, 3.63) is 35.6 Å². The van der Waals surface area contributed by atoms with Crippen molar-refractivity contribution in [2.75, 3.05) is 7.11 Å². The highest BCUT2D eigenvalue weighted by molar-refractivity contribution is 5.77. The standard InChI is InChI=1S/C10H9F3O2/c1-15-9(14)10(12,13)6-7-4-2-3-5-8(7)11/h2-5H,6H2,1H3. The van der Waals surface area contributed by atoms with Crippen LogP contribution in [0.15, 0.2) is 24.3 Å². The Morgan fingerprint density at radius 3 is 2.53 bits per heavy atom. The topological polar surface area (TPSA) is 26.3 Å². The van der Waals surface area contributed by atoms with Gasteiger partial charge in [0.1, 0.15) is 5.82 Å². The summed E-state index contributed by atoms with van der Waals surface area (Å²) in [5.41, 5.74) is -0.215. The van der Waals surface area contributed by atoms with E-state index in [1.807, 2.05) is 0 Å². The Labute approximate surface area is 84.7 Å². The van der Waals surface area contributed by atoms with E-state index in [9.17, 15) is 18.0 Å². The fraction of sp³-hybridized carbons (Fsp3) is 0.300. The lowest BCUT2D eigenvalue weighted by Crippen LogP contribution is -2.32. The minimum absolute atomic E-state index is 0.215. The van der Waals surface area contributed by atoms with Gasteiger partial charge in [-0.2, -0.15) is 8.78 Å². The predicted octanol–water partition coefficient (Wildman–Crippen LogP) is 2.18. The van der Waals surface area contributed by atoms with E-state index in [1.165, 1.54) is 18.2 Å². The molecule has 0 amide bonds. The molecule has 1 aromatic rings. The van der Waals surface area contributed by atoms with Crippen molar-refractivity contribution >= 4 is 5.97 Å². The summed E-state index contributed by atoms with van der Waals surface area (Å²) in [5.74, 6) is -6.12. The zero-order valence-corrected chi connectivity index (χ0v) is 7.97. The van der Waals surface area contributed by atoms with Crippen LogP contribution in [0.3, 0.4) is 0 Å². The van der Waals surface area contributed by atoms with Crippen LogP contribution < -0.4 is 0 Å². The molecular weight excluding hydrogens is 209 g/mol. The van der Waals surface area contributed by atoms with E-state index in [1.54, 1.807) is 0 Å². The van der Waals surface area contributed by atoms with Gasteiger partial charge in [0.15, 0.2) is 0 Å². The minimum Gasteiger partial charge on any atom is -0.465 e. The summed E-state index contributed by atoms with van der Waals surface area (Å²) in [6.07, 6.45) is -0.994. The number of methoxy groups -OCH3 is 1. The number of rotatable bonds is 3. The molecule has 15 heavy (non-hydrogen) atoms. The third-order valence-electron chi connectivity index (χ3n) is 1.85. The fourth-order valence-corrected chi connectivity index (χ4v) is 1.10. The summed E-state index contributed by atoms with van der Waals surface area (Å²) in [6, 6.07) is 5.07. The molecule has 0 aromatic heterocycles. The monoisotopic (exact) mass is 218 g/mol. The molecule has 0 N–H and O–H groups in total. The SMILES string of the molecule is COC(=O)C(F)(F)Cc1ccccc1F. The molecule has 0 aliphatic rings. The molecule has 82 valence electrons. The summed E-state index contributed by atoms with van der Waals surface area (Å²) in [7, 11) is 0.859. The lowest BCUT2D eigenvalue weighted by atomic mass is 10.1. The van der Waals surface area contributed by atoms with Crippen LogP contribution in [0.5, 0.6) is 0 Å².